The molecule has 0 bridgehead atoms. The lowest BCUT2D eigenvalue weighted by Crippen LogP contribution is -2.49. The summed E-state index contributed by atoms with van der Waals surface area (Å²) in [5.74, 6) is -0.291. The number of likely N-dealkylation sites (tertiary alicyclic amines) is 1. The van der Waals surface area contributed by atoms with Gasteiger partial charge in [-0.1, -0.05) is 17.7 Å². The molecule has 2 heterocycles. The number of rotatable bonds is 3. The van der Waals surface area contributed by atoms with Crippen molar-refractivity contribution < 1.29 is 17.6 Å². The summed E-state index contributed by atoms with van der Waals surface area (Å²) < 4.78 is 40.7. The number of sulfonamides is 1. The van der Waals surface area contributed by atoms with Gasteiger partial charge in [0.15, 0.2) is 0 Å². The Morgan fingerprint density at radius 2 is 1.92 bits per heavy atom. The van der Waals surface area contributed by atoms with E-state index in [0.29, 0.717) is 13.1 Å². The topological polar surface area (TPSA) is 57.7 Å². The number of piperidine rings is 1. The molecular weight excluding hydrogens is 355 g/mol. The van der Waals surface area contributed by atoms with Crippen LogP contribution >= 0.6 is 11.6 Å². The SMILES string of the molecule is O=C(C1CC(F)CN1S(=O)(=O)c1cccc(Cl)c1)N1CCCCC1. The van der Waals surface area contributed by atoms with Gasteiger partial charge < -0.3 is 4.90 Å². The Morgan fingerprint density at radius 3 is 2.58 bits per heavy atom. The van der Waals surface area contributed by atoms with E-state index in [9.17, 15) is 17.6 Å². The fourth-order valence-corrected chi connectivity index (χ4v) is 5.26. The second-order valence-corrected chi connectivity index (χ2v) is 8.59. The molecule has 1 amide bonds. The van der Waals surface area contributed by atoms with E-state index in [0.717, 1.165) is 23.6 Å². The Bertz CT molecular complexity index is 722. The van der Waals surface area contributed by atoms with Crippen molar-refractivity contribution in [2.45, 2.75) is 42.8 Å². The van der Waals surface area contributed by atoms with Crippen molar-refractivity contribution in [1.29, 1.82) is 0 Å². The van der Waals surface area contributed by atoms with Crippen LogP contribution in [0.5, 0.6) is 0 Å². The predicted octanol–water partition coefficient (Wildman–Crippen LogP) is 2.45. The number of halogens is 2. The van der Waals surface area contributed by atoms with Crippen molar-refractivity contribution in [3.63, 3.8) is 0 Å². The van der Waals surface area contributed by atoms with Crippen LogP contribution in [0.15, 0.2) is 29.2 Å². The van der Waals surface area contributed by atoms with Gasteiger partial charge in [0.1, 0.15) is 12.2 Å². The zero-order valence-corrected chi connectivity index (χ0v) is 14.8. The first-order chi connectivity index (χ1) is 11.4. The fourth-order valence-electron chi connectivity index (χ4n) is 3.33. The number of benzene rings is 1. The molecule has 24 heavy (non-hydrogen) atoms. The van der Waals surface area contributed by atoms with Gasteiger partial charge in [0.25, 0.3) is 0 Å². The lowest BCUT2D eigenvalue weighted by atomic mass is 10.1. The molecule has 3 rings (SSSR count). The summed E-state index contributed by atoms with van der Waals surface area (Å²) >= 11 is 5.87. The van der Waals surface area contributed by atoms with Gasteiger partial charge in [-0.15, -0.1) is 0 Å². The highest BCUT2D eigenvalue weighted by Crippen LogP contribution is 2.30. The Morgan fingerprint density at radius 1 is 1.21 bits per heavy atom. The number of nitrogens with zero attached hydrogens (tertiary/aromatic N) is 2. The molecule has 0 radical (unpaired) electrons. The molecular formula is C16H20ClFN2O3S. The fraction of sp³-hybridized carbons (Fsp3) is 0.562. The molecule has 0 aliphatic carbocycles. The van der Waals surface area contributed by atoms with Crippen molar-refractivity contribution in [2.75, 3.05) is 19.6 Å². The van der Waals surface area contributed by atoms with Crippen LogP contribution in [0.3, 0.4) is 0 Å². The van der Waals surface area contributed by atoms with Crippen LogP contribution in [0.1, 0.15) is 25.7 Å². The molecule has 1 aromatic rings. The first-order valence-corrected chi connectivity index (χ1v) is 9.91. The minimum absolute atomic E-state index is 0.0134. The molecule has 2 aliphatic rings. The maximum absolute atomic E-state index is 14.0. The third kappa shape index (κ3) is 3.43. The van der Waals surface area contributed by atoms with E-state index in [1.165, 1.54) is 18.2 Å². The molecule has 132 valence electrons. The van der Waals surface area contributed by atoms with E-state index >= 15 is 0 Å². The number of carbonyl (C=O) groups excluding carboxylic acids is 1. The Hall–Kier alpha value is -1.18. The summed E-state index contributed by atoms with van der Waals surface area (Å²) in [6.07, 6.45) is 1.44. The molecule has 2 unspecified atom stereocenters. The smallest absolute Gasteiger partial charge is 0.243 e. The minimum atomic E-state index is -3.97. The molecule has 2 aliphatic heterocycles. The minimum Gasteiger partial charge on any atom is -0.341 e. The highest BCUT2D eigenvalue weighted by Gasteiger charge is 2.45. The lowest BCUT2D eigenvalue weighted by molar-refractivity contribution is -0.135. The second kappa shape index (κ2) is 6.98. The molecule has 1 aromatic carbocycles. The van der Waals surface area contributed by atoms with E-state index in [-0.39, 0.29) is 28.8 Å². The van der Waals surface area contributed by atoms with Crippen LogP contribution in [-0.4, -0.2) is 55.4 Å². The molecule has 2 atom stereocenters. The van der Waals surface area contributed by atoms with Crippen LogP contribution in [0.2, 0.25) is 5.02 Å². The Kier molecular flexibility index (Phi) is 5.13. The van der Waals surface area contributed by atoms with Gasteiger partial charge in [0.2, 0.25) is 15.9 Å². The van der Waals surface area contributed by atoms with E-state index in [2.05, 4.69) is 0 Å². The molecule has 0 aromatic heterocycles. The van der Waals surface area contributed by atoms with E-state index in [4.69, 9.17) is 11.6 Å². The van der Waals surface area contributed by atoms with Crippen molar-refractivity contribution in [2.24, 2.45) is 0 Å². The average Bonchev–Trinajstić information content (AvgIpc) is 2.97. The number of hydrogen-bond donors (Lipinski definition) is 0. The number of amides is 1. The normalized spacial score (nSPS) is 25.8. The maximum atomic E-state index is 14.0. The van der Waals surface area contributed by atoms with Gasteiger partial charge in [0, 0.05) is 31.1 Å². The highest BCUT2D eigenvalue weighted by molar-refractivity contribution is 7.89. The second-order valence-electron chi connectivity index (χ2n) is 6.27. The highest BCUT2D eigenvalue weighted by atomic mass is 35.5. The van der Waals surface area contributed by atoms with Crippen LogP contribution in [0, 0.1) is 0 Å². The van der Waals surface area contributed by atoms with E-state index in [1.807, 2.05) is 0 Å². The first kappa shape index (κ1) is 17.6. The molecule has 0 saturated carbocycles. The third-order valence-corrected chi connectivity index (χ3v) is 6.67. The standard InChI is InChI=1S/C16H20ClFN2O3S/c17-12-5-4-6-14(9-12)24(22,23)20-11-13(18)10-15(20)16(21)19-7-2-1-3-8-19/h4-6,9,13,15H,1-3,7-8,10-11H2. The summed E-state index contributed by atoms with van der Waals surface area (Å²) in [6, 6.07) is 4.86. The van der Waals surface area contributed by atoms with Gasteiger partial charge >= 0.3 is 0 Å². The maximum Gasteiger partial charge on any atom is 0.243 e. The van der Waals surface area contributed by atoms with Crippen molar-refractivity contribution in [1.82, 2.24) is 9.21 Å². The zero-order valence-electron chi connectivity index (χ0n) is 13.2. The molecule has 2 fully saturated rings. The predicted molar refractivity (Wildman–Crippen MR) is 89.1 cm³/mol. The molecule has 5 nitrogen and oxygen atoms in total. The Balaban J connectivity index is 1.88. The summed E-state index contributed by atoms with van der Waals surface area (Å²) in [5.41, 5.74) is 0. The van der Waals surface area contributed by atoms with Gasteiger partial charge in [-0.2, -0.15) is 4.31 Å². The average molecular weight is 375 g/mol. The number of carbonyl (C=O) groups is 1. The van der Waals surface area contributed by atoms with Crippen LogP contribution in [-0.2, 0) is 14.8 Å². The number of alkyl halides is 1. The quantitative estimate of drug-likeness (QED) is 0.816. The Labute approximate surface area is 146 Å². The lowest BCUT2D eigenvalue weighted by Gasteiger charge is -2.32. The zero-order chi connectivity index (χ0) is 17.3. The van der Waals surface area contributed by atoms with Crippen molar-refractivity contribution >= 4 is 27.5 Å². The van der Waals surface area contributed by atoms with Gasteiger partial charge in [-0.25, -0.2) is 12.8 Å². The van der Waals surface area contributed by atoms with Crippen LogP contribution in [0.25, 0.3) is 0 Å². The van der Waals surface area contributed by atoms with Gasteiger partial charge in [0.05, 0.1) is 4.90 Å². The largest absolute Gasteiger partial charge is 0.341 e. The molecule has 2 saturated heterocycles. The van der Waals surface area contributed by atoms with Crippen LogP contribution in [0.4, 0.5) is 4.39 Å². The summed E-state index contributed by atoms with van der Waals surface area (Å²) in [4.78, 5) is 14.4. The molecule has 0 N–H and O–H groups in total. The van der Waals surface area contributed by atoms with Gasteiger partial charge in [-0.3, -0.25) is 4.79 Å². The van der Waals surface area contributed by atoms with Crippen molar-refractivity contribution in [3.8, 4) is 0 Å². The van der Waals surface area contributed by atoms with E-state index < -0.39 is 22.2 Å². The van der Waals surface area contributed by atoms with Crippen molar-refractivity contribution in [3.05, 3.63) is 29.3 Å². The molecule has 0 spiro atoms. The molecule has 8 heteroatoms. The first-order valence-electron chi connectivity index (χ1n) is 8.10. The summed E-state index contributed by atoms with van der Waals surface area (Å²) in [5, 5.41) is 0.283. The third-order valence-electron chi connectivity index (χ3n) is 4.56. The monoisotopic (exact) mass is 374 g/mol. The number of hydrogen-bond acceptors (Lipinski definition) is 3. The van der Waals surface area contributed by atoms with E-state index in [1.54, 1.807) is 11.0 Å². The van der Waals surface area contributed by atoms with Crippen LogP contribution < -0.4 is 0 Å². The summed E-state index contributed by atoms with van der Waals surface area (Å²) in [6.45, 7) is 0.924. The van der Waals surface area contributed by atoms with Gasteiger partial charge in [-0.05, 0) is 37.5 Å². The summed E-state index contributed by atoms with van der Waals surface area (Å²) in [7, 11) is -3.97.